The van der Waals surface area contributed by atoms with Gasteiger partial charge in [0.05, 0.1) is 0 Å². The predicted molar refractivity (Wildman–Crippen MR) is 117 cm³/mol. The molecule has 2 aromatic rings. The molecule has 0 saturated carbocycles. The van der Waals surface area contributed by atoms with E-state index in [9.17, 15) is 24.5 Å². The first-order valence-corrected chi connectivity index (χ1v) is 12.0. The molecule has 1 aliphatic heterocycles. The van der Waals surface area contributed by atoms with E-state index >= 15 is 0 Å². The van der Waals surface area contributed by atoms with E-state index in [0.717, 1.165) is 16.7 Å². The Balaban J connectivity index is 1.88. The fourth-order valence-corrected chi connectivity index (χ4v) is 6.39. The molecule has 7 nitrogen and oxygen atoms in total. The van der Waals surface area contributed by atoms with Crippen LogP contribution in [0, 0.1) is 0 Å². The summed E-state index contributed by atoms with van der Waals surface area (Å²) in [7, 11) is -3.86. The molecule has 30 heavy (non-hydrogen) atoms. The van der Waals surface area contributed by atoms with Gasteiger partial charge in [-0.2, -0.15) is 0 Å². The number of carbonyl (C=O) groups is 1. The molecule has 5 N–H and O–H groups in total. The maximum Gasteiger partial charge on any atom is 0.320 e. The van der Waals surface area contributed by atoms with E-state index in [2.05, 4.69) is 0 Å². The molecule has 0 bridgehead atoms. The molecule has 0 amide bonds. The summed E-state index contributed by atoms with van der Waals surface area (Å²) in [5.41, 5.74) is 8.31. The van der Waals surface area contributed by atoms with E-state index < -0.39 is 18.5 Å². The average Bonchev–Trinajstić information content (AvgIpc) is 2.70. The van der Waals surface area contributed by atoms with Crippen molar-refractivity contribution in [1.82, 2.24) is 4.90 Å². The zero-order valence-electron chi connectivity index (χ0n) is 16.9. The van der Waals surface area contributed by atoms with E-state index in [-0.39, 0.29) is 24.9 Å². The van der Waals surface area contributed by atoms with Gasteiger partial charge in [-0.3, -0.25) is 14.3 Å². The van der Waals surface area contributed by atoms with E-state index in [4.69, 9.17) is 5.73 Å². The molecule has 162 valence electrons. The van der Waals surface area contributed by atoms with Gasteiger partial charge in [0.2, 0.25) is 7.37 Å². The van der Waals surface area contributed by atoms with Crippen LogP contribution in [0.3, 0.4) is 0 Å². The summed E-state index contributed by atoms with van der Waals surface area (Å²) in [6.07, 6.45) is 1.21. The van der Waals surface area contributed by atoms with Crippen LogP contribution < -0.4 is 5.73 Å². The first-order valence-electron chi connectivity index (χ1n) is 10.1. The molecule has 0 radical (unpaired) electrons. The Morgan fingerprint density at radius 3 is 2.63 bits per heavy atom. The van der Waals surface area contributed by atoms with Crippen LogP contribution in [0.25, 0.3) is 11.1 Å². The molecule has 1 heterocycles. The Bertz CT molecular complexity index is 951. The van der Waals surface area contributed by atoms with Gasteiger partial charge in [-0.05, 0) is 48.2 Å². The molecule has 2 aromatic carbocycles. The van der Waals surface area contributed by atoms with Gasteiger partial charge in [-0.25, -0.2) is 0 Å². The van der Waals surface area contributed by atoms with Crippen LogP contribution in [0.5, 0.6) is 5.75 Å². The standard InChI is InChI=1S/C22H29N2O5P/c23-11-4-3-10-22(21(26)27)16-24(12-13-30(22,28)29)15-18-6-1-2-9-20(18)17-7-5-8-19(25)14-17/h1-2,5-9,14,25H,3-4,10-13,15-16,23H2,(H,26,27)(H,28,29). The Morgan fingerprint density at radius 1 is 1.17 bits per heavy atom. The number of carboxylic acids is 1. The van der Waals surface area contributed by atoms with Crippen LogP contribution in [0.4, 0.5) is 0 Å². The minimum absolute atomic E-state index is 0.0229. The van der Waals surface area contributed by atoms with E-state index in [1.54, 1.807) is 18.2 Å². The Labute approximate surface area is 176 Å². The summed E-state index contributed by atoms with van der Waals surface area (Å²) in [5, 5.41) is 18.1. The monoisotopic (exact) mass is 432 g/mol. The predicted octanol–water partition coefficient (Wildman–Crippen LogP) is 3.10. The van der Waals surface area contributed by atoms with Gasteiger partial charge in [0.15, 0.2) is 5.16 Å². The Morgan fingerprint density at radius 2 is 1.93 bits per heavy atom. The van der Waals surface area contributed by atoms with Gasteiger partial charge in [-0.1, -0.05) is 42.8 Å². The number of rotatable bonds is 8. The van der Waals surface area contributed by atoms with E-state index in [0.29, 0.717) is 32.5 Å². The summed E-state index contributed by atoms with van der Waals surface area (Å²) in [4.78, 5) is 24.7. The Kier molecular flexibility index (Phi) is 6.98. The second kappa shape index (κ2) is 9.31. The maximum absolute atomic E-state index is 12.9. The number of phenols is 1. The molecule has 0 aromatic heterocycles. The molecule has 0 spiro atoms. The topological polar surface area (TPSA) is 124 Å². The number of unbranched alkanes of at least 4 members (excludes halogenated alkanes) is 1. The van der Waals surface area contributed by atoms with Gasteiger partial charge in [0, 0.05) is 25.8 Å². The third-order valence-electron chi connectivity index (χ3n) is 5.88. The summed E-state index contributed by atoms with van der Waals surface area (Å²) in [5.74, 6) is -1.04. The van der Waals surface area contributed by atoms with Gasteiger partial charge in [-0.15, -0.1) is 0 Å². The lowest BCUT2D eigenvalue weighted by Gasteiger charge is -2.43. The highest BCUT2D eigenvalue weighted by atomic mass is 31.2. The molecule has 1 aliphatic rings. The lowest BCUT2D eigenvalue weighted by atomic mass is 9.97. The number of nitrogens with zero attached hydrogens (tertiary/aromatic N) is 1. The first kappa shape index (κ1) is 22.5. The maximum atomic E-state index is 12.9. The zero-order chi connectivity index (χ0) is 21.8. The number of phenolic OH excluding ortho intramolecular Hbond substituents is 1. The van der Waals surface area contributed by atoms with Crippen molar-refractivity contribution in [2.45, 2.75) is 31.0 Å². The summed E-state index contributed by atoms with van der Waals surface area (Å²) >= 11 is 0. The highest BCUT2D eigenvalue weighted by Crippen LogP contribution is 2.59. The molecular formula is C22H29N2O5P. The number of aromatic hydroxyl groups is 1. The largest absolute Gasteiger partial charge is 0.508 e. The van der Waals surface area contributed by atoms with Crippen molar-refractivity contribution in [3.05, 3.63) is 54.1 Å². The van der Waals surface area contributed by atoms with Crippen molar-refractivity contribution < 1.29 is 24.5 Å². The van der Waals surface area contributed by atoms with Crippen LogP contribution >= 0.6 is 7.37 Å². The fourth-order valence-electron chi connectivity index (χ4n) is 4.18. The molecule has 8 heteroatoms. The number of carboxylic acid groups (broad SMARTS) is 1. The van der Waals surface area contributed by atoms with Crippen molar-refractivity contribution in [3.63, 3.8) is 0 Å². The zero-order valence-corrected chi connectivity index (χ0v) is 17.8. The fraction of sp³-hybridized carbons (Fsp3) is 0.409. The molecule has 2 unspecified atom stereocenters. The van der Waals surface area contributed by atoms with E-state index in [1.807, 2.05) is 35.2 Å². The number of nitrogens with two attached hydrogens (primary N) is 1. The average molecular weight is 432 g/mol. The van der Waals surface area contributed by atoms with Crippen molar-refractivity contribution in [3.8, 4) is 16.9 Å². The van der Waals surface area contributed by atoms with Crippen LogP contribution in [0.1, 0.15) is 24.8 Å². The SMILES string of the molecule is NCCCCC1(C(=O)O)CN(Cc2ccccc2-c2cccc(O)c2)CCP1(=O)O. The molecule has 1 saturated heterocycles. The van der Waals surface area contributed by atoms with Crippen molar-refractivity contribution in [2.75, 3.05) is 25.8 Å². The molecule has 1 fully saturated rings. The Hall–Kier alpha value is -2.18. The van der Waals surface area contributed by atoms with Gasteiger partial charge in [0.25, 0.3) is 0 Å². The highest BCUT2D eigenvalue weighted by molar-refractivity contribution is 7.61. The second-order valence-electron chi connectivity index (χ2n) is 7.93. The molecule has 3 rings (SSSR count). The van der Waals surface area contributed by atoms with Crippen molar-refractivity contribution >= 4 is 13.3 Å². The highest BCUT2D eigenvalue weighted by Gasteiger charge is 2.56. The van der Waals surface area contributed by atoms with Crippen molar-refractivity contribution in [1.29, 1.82) is 0 Å². The van der Waals surface area contributed by atoms with Crippen LogP contribution in [0.2, 0.25) is 0 Å². The molecular weight excluding hydrogens is 403 g/mol. The lowest BCUT2D eigenvalue weighted by Crippen LogP contribution is -2.53. The van der Waals surface area contributed by atoms with Gasteiger partial charge in [0.1, 0.15) is 5.75 Å². The third-order valence-corrected chi connectivity index (χ3v) is 8.58. The number of hydrogen-bond acceptors (Lipinski definition) is 5. The van der Waals surface area contributed by atoms with Crippen LogP contribution in [-0.2, 0) is 15.9 Å². The van der Waals surface area contributed by atoms with Gasteiger partial charge < -0.3 is 20.8 Å². The number of hydrogen-bond donors (Lipinski definition) is 4. The van der Waals surface area contributed by atoms with E-state index in [1.165, 1.54) is 0 Å². The second-order valence-corrected chi connectivity index (χ2v) is 10.6. The quantitative estimate of drug-likeness (QED) is 0.373. The summed E-state index contributed by atoms with van der Waals surface area (Å²) in [6.45, 7) is 1.26. The molecule has 0 aliphatic carbocycles. The normalized spacial score (nSPS) is 24.6. The first-order chi connectivity index (χ1) is 14.3. The summed E-state index contributed by atoms with van der Waals surface area (Å²) in [6, 6.07) is 14.7. The summed E-state index contributed by atoms with van der Waals surface area (Å²) < 4.78 is 12.9. The number of aliphatic carboxylic acids is 1. The van der Waals surface area contributed by atoms with Crippen molar-refractivity contribution in [2.24, 2.45) is 5.73 Å². The van der Waals surface area contributed by atoms with Gasteiger partial charge >= 0.3 is 5.97 Å². The number of benzene rings is 2. The smallest absolute Gasteiger partial charge is 0.320 e. The minimum atomic E-state index is -3.86. The lowest BCUT2D eigenvalue weighted by molar-refractivity contribution is -0.141. The minimum Gasteiger partial charge on any atom is -0.508 e. The van der Waals surface area contributed by atoms with Crippen LogP contribution in [0.15, 0.2) is 48.5 Å². The molecule has 2 atom stereocenters. The van der Waals surface area contributed by atoms with Crippen LogP contribution in [-0.4, -0.2) is 56.9 Å². The third kappa shape index (κ3) is 4.60.